The minimum atomic E-state index is -4.33. The van der Waals surface area contributed by atoms with Crippen molar-refractivity contribution < 1.29 is 36.2 Å². The monoisotopic (exact) mass is 638 g/mol. The van der Waals surface area contributed by atoms with Crippen molar-refractivity contribution in [3.8, 4) is 22.9 Å². The van der Waals surface area contributed by atoms with Gasteiger partial charge in [-0.05, 0) is 78.8 Å². The Hall–Kier alpha value is -3.74. The Morgan fingerprint density at radius 1 is 1.04 bits per heavy atom. The second-order valence-corrected chi connectivity index (χ2v) is 14.8. The zero-order valence-electron chi connectivity index (χ0n) is 26.0. The van der Waals surface area contributed by atoms with Crippen LogP contribution in [0.3, 0.4) is 0 Å². The van der Waals surface area contributed by atoms with E-state index in [1.807, 2.05) is 30.9 Å². The van der Waals surface area contributed by atoms with Crippen LogP contribution in [0.2, 0.25) is 0 Å². The fourth-order valence-electron chi connectivity index (χ4n) is 6.71. The maximum absolute atomic E-state index is 13.0. The van der Waals surface area contributed by atoms with E-state index in [9.17, 15) is 27.0 Å². The first-order chi connectivity index (χ1) is 21.1. The molecule has 45 heavy (non-hydrogen) atoms. The summed E-state index contributed by atoms with van der Waals surface area (Å²) in [4.78, 5) is 35.4. The number of hydrogen-bond donors (Lipinski definition) is 0. The van der Waals surface area contributed by atoms with E-state index in [-0.39, 0.29) is 28.8 Å². The summed E-state index contributed by atoms with van der Waals surface area (Å²) < 4.78 is 52.3. The molecule has 1 aliphatic heterocycles. The number of likely N-dealkylation sites (N-methyl/N-ethyl adjacent to an activating group) is 1. The predicted octanol–water partition coefficient (Wildman–Crippen LogP) is 4.53. The maximum Gasteiger partial charge on any atom is 0.273 e. The van der Waals surface area contributed by atoms with Crippen LogP contribution in [0.15, 0.2) is 60.8 Å². The molecule has 2 atom stereocenters. The maximum atomic E-state index is 13.0. The topological polar surface area (TPSA) is 130 Å². The lowest BCUT2D eigenvalue weighted by molar-refractivity contribution is -0.894. The van der Waals surface area contributed by atoms with Gasteiger partial charge in [-0.15, -0.1) is 0 Å². The van der Waals surface area contributed by atoms with E-state index in [0.717, 1.165) is 42.6 Å². The van der Waals surface area contributed by atoms with Crippen LogP contribution in [-0.4, -0.2) is 90.0 Å². The molecule has 1 aromatic heterocycles. The van der Waals surface area contributed by atoms with Crippen LogP contribution in [0.4, 0.5) is 4.39 Å². The number of ether oxygens (including phenoxy) is 1. The largest absolute Gasteiger partial charge is 0.748 e. The molecule has 1 saturated heterocycles. The fourth-order valence-corrected chi connectivity index (χ4v) is 7.99. The van der Waals surface area contributed by atoms with Crippen LogP contribution < -0.4 is 4.74 Å². The van der Waals surface area contributed by atoms with Crippen molar-refractivity contribution in [2.45, 2.75) is 33.1 Å². The van der Waals surface area contributed by atoms with E-state index in [1.54, 1.807) is 36.5 Å². The van der Waals surface area contributed by atoms with Crippen molar-refractivity contribution in [2.75, 3.05) is 46.0 Å². The van der Waals surface area contributed by atoms with E-state index in [2.05, 4.69) is 24.1 Å². The highest BCUT2D eigenvalue weighted by Gasteiger charge is 2.64. The number of halogens is 1. The summed E-state index contributed by atoms with van der Waals surface area (Å²) in [5, 5.41) is 0. The quantitative estimate of drug-likeness (QED) is 0.284. The number of benzene rings is 2. The van der Waals surface area contributed by atoms with E-state index >= 15 is 0 Å². The molecule has 12 heteroatoms. The Bertz CT molecular complexity index is 1670. The fraction of sp³-hybridized carbons (Fsp3) is 0.455. The highest BCUT2D eigenvalue weighted by atomic mass is 32.2. The zero-order valence-corrected chi connectivity index (χ0v) is 26.8. The third-order valence-electron chi connectivity index (χ3n) is 9.84. The van der Waals surface area contributed by atoms with Gasteiger partial charge in [0.15, 0.2) is 5.82 Å². The Kier molecular flexibility index (Phi) is 8.87. The van der Waals surface area contributed by atoms with Crippen molar-refractivity contribution >= 4 is 21.8 Å². The smallest absolute Gasteiger partial charge is 0.273 e. The molecule has 2 aromatic carbocycles. The molecule has 3 fully saturated rings. The molecule has 3 aliphatic rings. The van der Waals surface area contributed by atoms with E-state index in [4.69, 9.17) is 4.74 Å². The molecule has 0 N–H and O–H groups in total. The van der Waals surface area contributed by atoms with Gasteiger partial charge in [0, 0.05) is 23.6 Å². The standard InChI is InChI=1S/C23H24FN4O2.C10H16O4S/c1-28(2)15-13-27(14-16-28)23(29)21-11-12-25-22(26-21)17-3-7-19(8-4-17)30-20-9-5-18(24)6-10-20;1-9(2)7-3-4-10(9,8(11)5-7)6-15(12,13)14/h3-12H,13-16H2,1-2H3;7H,3-6H2,1-2H3,(H,12,13,14)/q+1;/p-1. The number of fused-ring (bicyclic) bond motifs is 2. The number of carbonyl (C=O) groups is 2. The SMILES string of the molecule is CC1(C)C2CCC1(CS(=O)(=O)[O-])C(=O)C2.C[N+]1(C)CCN(C(=O)c2ccnc(-c3ccc(Oc4ccc(F)cc4)cc3)n2)CC1. The van der Waals surface area contributed by atoms with Gasteiger partial charge in [-0.1, -0.05) is 13.8 Å². The normalized spacial score (nSPS) is 23.3. The van der Waals surface area contributed by atoms with Crippen LogP contribution in [-0.2, 0) is 14.9 Å². The number of amides is 1. The molecule has 3 aromatic rings. The average molecular weight is 639 g/mol. The number of quaternary nitrogens is 1. The average Bonchev–Trinajstić information content (AvgIpc) is 3.32. The molecule has 2 saturated carbocycles. The minimum Gasteiger partial charge on any atom is -0.748 e. The molecule has 6 rings (SSSR count). The van der Waals surface area contributed by atoms with Crippen LogP contribution in [0.25, 0.3) is 11.4 Å². The number of aromatic nitrogens is 2. The number of hydrogen-bond acceptors (Lipinski definition) is 8. The van der Waals surface area contributed by atoms with E-state index < -0.39 is 21.3 Å². The third kappa shape index (κ3) is 7.08. The van der Waals surface area contributed by atoms with Gasteiger partial charge >= 0.3 is 0 Å². The molecular weight excluding hydrogens is 599 g/mol. The van der Waals surface area contributed by atoms with Gasteiger partial charge in [-0.2, -0.15) is 0 Å². The van der Waals surface area contributed by atoms with Gasteiger partial charge in [0.25, 0.3) is 5.91 Å². The summed E-state index contributed by atoms with van der Waals surface area (Å²) in [7, 11) is 0.0231. The molecule has 240 valence electrons. The molecule has 0 spiro atoms. The Morgan fingerprint density at radius 3 is 2.18 bits per heavy atom. The molecule has 10 nitrogen and oxygen atoms in total. The number of rotatable bonds is 6. The first-order valence-corrected chi connectivity index (χ1v) is 16.6. The van der Waals surface area contributed by atoms with Gasteiger partial charge < -0.3 is 18.7 Å². The molecule has 2 heterocycles. The summed E-state index contributed by atoms with van der Waals surface area (Å²) in [5.41, 5.74) is -0.0359. The van der Waals surface area contributed by atoms with Crippen LogP contribution in [0.5, 0.6) is 11.5 Å². The van der Waals surface area contributed by atoms with Crippen molar-refractivity contribution in [3.63, 3.8) is 0 Å². The highest BCUT2D eigenvalue weighted by molar-refractivity contribution is 7.85. The van der Waals surface area contributed by atoms with Gasteiger partial charge in [0.05, 0.1) is 56.1 Å². The summed E-state index contributed by atoms with van der Waals surface area (Å²) >= 11 is 0. The van der Waals surface area contributed by atoms with E-state index in [0.29, 0.717) is 35.9 Å². The van der Waals surface area contributed by atoms with Crippen LogP contribution in [0.1, 0.15) is 43.6 Å². The molecule has 2 unspecified atom stereocenters. The van der Waals surface area contributed by atoms with Gasteiger partial charge in [-0.3, -0.25) is 9.59 Å². The Morgan fingerprint density at radius 2 is 1.64 bits per heavy atom. The summed E-state index contributed by atoms with van der Waals surface area (Å²) in [6.45, 7) is 7.14. The first-order valence-electron chi connectivity index (χ1n) is 15.0. The highest BCUT2D eigenvalue weighted by Crippen LogP contribution is 2.64. The molecule has 2 bridgehead atoms. The number of nitrogens with zero attached hydrogens (tertiary/aromatic N) is 4. The van der Waals surface area contributed by atoms with Crippen molar-refractivity contribution in [2.24, 2.45) is 16.7 Å². The third-order valence-corrected chi connectivity index (χ3v) is 10.7. The second-order valence-electron chi connectivity index (χ2n) is 13.4. The number of piperazine rings is 1. The van der Waals surface area contributed by atoms with Crippen molar-refractivity contribution in [1.29, 1.82) is 0 Å². The summed E-state index contributed by atoms with van der Waals surface area (Å²) in [6, 6.07) is 14.8. The molecule has 1 amide bonds. The lowest BCUT2D eigenvalue weighted by atomic mass is 9.70. The second kappa shape index (κ2) is 12.2. The lowest BCUT2D eigenvalue weighted by Gasteiger charge is -2.38. The molecule has 0 radical (unpaired) electrons. The zero-order chi connectivity index (χ0) is 32.6. The van der Waals surface area contributed by atoms with Crippen molar-refractivity contribution in [1.82, 2.24) is 14.9 Å². The van der Waals surface area contributed by atoms with Crippen molar-refractivity contribution in [3.05, 3.63) is 72.3 Å². The number of Topliss-reactive ketones (excluding diaryl/α,β-unsaturated/α-hetero) is 1. The van der Waals surface area contributed by atoms with Crippen LogP contribution >= 0.6 is 0 Å². The van der Waals surface area contributed by atoms with Gasteiger partial charge in [0.2, 0.25) is 0 Å². The van der Waals surface area contributed by atoms with Gasteiger partial charge in [0.1, 0.15) is 28.8 Å². The first kappa shape index (κ1) is 32.6. The number of carbonyl (C=O) groups excluding carboxylic acids is 2. The van der Waals surface area contributed by atoms with Crippen LogP contribution in [0, 0.1) is 22.6 Å². The number of ketones is 1. The summed E-state index contributed by atoms with van der Waals surface area (Å²) in [6.07, 6.45) is 3.49. The minimum absolute atomic E-state index is 0.0248. The summed E-state index contributed by atoms with van der Waals surface area (Å²) in [5.74, 6) is 1.01. The molecular formula is C33H39FN4O6S. The molecule has 2 aliphatic carbocycles. The lowest BCUT2D eigenvalue weighted by Crippen LogP contribution is -2.56. The Labute approximate surface area is 263 Å². The van der Waals surface area contributed by atoms with Gasteiger partial charge in [-0.25, -0.2) is 22.8 Å². The predicted molar refractivity (Wildman–Crippen MR) is 165 cm³/mol. The Balaban J connectivity index is 0.000000223. The van der Waals surface area contributed by atoms with E-state index in [1.165, 1.54) is 12.1 Å².